The lowest BCUT2D eigenvalue weighted by Gasteiger charge is -2.12. The Kier molecular flexibility index (Phi) is 4.73. The maximum Gasteiger partial charge on any atom is 0.319 e. The van der Waals surface area contributed by atoms with Crippen LogP contribution < -0.4 is 16.0 Å². The Bertz CT molecular complexity index is 535. The number of benzene rings is 1. The average Bonchev–Trinajstić information content (AvgIpc) is 2.98. The molecule has 0 spiro atoms. The van der Waals surface area contributed by atoms with E-state index in [2.05, 4.69) is 32.8 Å². The normalized spacial score (nSPS) is 11.9. The highest BCUT2D eigenvalue weighted by Gasteiger charge is 2.04. The number of H-pyrrole nitrogens is 1. The zero-order valence-corrected chi connectivity index (χ0v) is 11.6. The minimum absolute atomic E-state index is 0.242. The van der Waals surface area contributed by atoms with Gasteiger partial charge in [0.25, 0.3) is 0 Å². The van der Waals surface area contributed by atoms with Crippen molar-refractivity contribution in [3.63, 3.8) is 0 Å². The molecule has 2 aromatic rings. The summed E-state index contributed by atoms with van der Waals surface area (Å²) in [5.41, 5.74) is 2.80. The molecule has 0 aliphatic carbocycles. The van der Waals surface area contributed by atoms with E-state index >= 15 is 0 Å². The minimum Gasteiger partial charge on any atom is -0.347 e. The first-order chi connectivity index (χ1) is 9.69. The van der Waals surface area contributed by atoms with E-state index in [1.165, 1.54) is 5.56 Å². The van der Waals surface area contributed by atoms with Crippen molar-refractivity contribution in [2.75, 3.05) is 12.4 Å². The fraction of sp³-hybridized carbons (Fsp3) is 0.286. The first kappa shape index (κ1) is 14.1. The zero-order valence-electron chi connectivity index (χ0n) is 11.6. The van der Waals surface area contributed by atoms with E-state index in [0.717, 1.165) is 11.4 Å². The van der Waals surface area contributed by atoms with Crippen LogP contribution in [-0.2, 0) is 6.54 Å². The number of anilines is 1. The largest absolute Gasteiger partial charge is 0.347 e. The Morgan fingerprint density at radius 1 is 1.35 bits per heavy atom. The third-order valence-corrected chi connectivity index (χ3v) is 3.10. The summed E-state index contributed by atoms with van der Waals surface area (Å²) in [4.78, 5) is 18.5. The van der Waals surface area contributed by atoms with Crippen LogP contribution in [0.15, 0.2) is 36.8 Å². The summed E-state index contributed by atoms with van der Waals surface area (Å²) in [6.07, 6.45) is 3.25. The van der Waals surface area contributed by atoms with E-state index in [1.807, 2.05) is 31.3 Å². The van der Waals surface area contributed by atoms with E-state index in [9.17, 15) is 4.79 Å². The second-order valence-electron chi connectivity index (χ2n) is 4.52. The number of rotatable bonds is 5. The van der Waals surface area contributed by atoms with E-state index in [1.54, 1.807) is 12.5 Å². The standard InChI is InChI=1S/C14H19N5O/c1-10(15-2)11-3-5-12(6-4-11)19-14(20)17-8-13-7-16-9-18-13/h3-7,9-10,15H,8H2,1-2H3,(H,16,18)(H2,17,19,20). The number of imidazole rings is 1. The maximum atomic E-state index is 11.7. The maximum absolute atomic E-state index is 11.7. The van der Waals surface area contributed by atoms with Gasteiger partial charge in [0.15, 0.2) is 0 Å². The quantitative estimate of drug-likeness (QED) is 0.672. The van der Waals surface area contributed by atoms with Gasteiger partial charge in [0.2, 0.25) is 0 Å². The smallest absolute Gasteiger partial charge is 0.319 e. The van der Waals surface area contributed by atoms with Crippen molar-refractivity contribution < 1.29 is 4.79 Å². The van der Waals surface area contributed by atoms with Crippen LogP contribution in [0.4, 0.5) is 10.5 Å². The Morgan fingerprint density at radius 2 is 2.10 bits per heavy atom. The summed E-state index contributed by atoms with van der Waals surface area (Å²) < 4.78 is 0. The van der Waals surface area contributed by atoms with Crippen LogP contribution in [0.3, 0.4) is 0 Å². The average molecular weight is 273 g/mol. The first-order valence-electron chi connectivity index (χ1n) is 6.48. The molecule has 1 aromatic carbocycles. The van der Waals surface area contributed by atoms with Gasteiger partial charge in [0, 0.05) is 17.9 Å². The summed E-state index contributed by atoms with van der Waals surface area (Å²) in [6.45, 7) is 2.50. The number of nitrogens with zero attached hydrogens (tertiary/aromatic N) is 1. The summed E-state index contributed by atoms with van der Waals surface area (Å²) in [7, 11) is 1.92. The molecule has 20 heavy (non-hydrogen) atoms. The molecule has 0 fully saturated rings. The molecule has 1 atom stereocenters. The number of carbonyl (C=O) groups is 1. The fourth-order valence-corrected chi connectivity index (χ4v) is 1.75. The topological polar surface area (TPSA) is 81.8 Å². The number of urea groups is 1. The molecule has 1 heterocycles. The van der Waals surface area contributed by atoms with Gasteiger partial charge in [0.05, 0.1) is 18.6 Å². The molecule has 0 aliphatic rings. The highest BCUT2D eigenvalue weighted by Crippen LogP contribution is 2.15. The van der Waals surface area contributed by atoms with E-state index in [-0.39, 0.29) is 6.03 Å². The lowest BCUT2D eigenvalue weighted by atomic mass is 10.1. The molecule has 0 saturated carbocycles. The summed E-state index contributed by atoms with van der Waals surface area (Å²) in [5, 5.41) is 8.70. The van der Waals surface area contributed by atoms with E-state index in [4.69, 9.17) is 0 Å². The molecule has 2 rings (SSSR count). The molecule has 106 valence electrons. The van der Waals surface area contributed by atoms with Gasteiger partial charge in [-0.1, -0.05) is 12.1 Å². The van der Waals surface area contributed by atoms with Crippen LogP contribution in [0.2, 0.25) is 0 Å². The number of carbonyl (C=O) groups excluding carboxylic acids is 1. The van der Waals surface area contributed by atoms with Crippen molar-refractivity contribution in [2.24, 2.45) is 0 Å². The first-order valence-corrected chi connectivity index (χ1v) is 6.48. The zero-order chi connectivity index (χ0) is 14.4. The highest BCUT2D eigenvalue weighted by molar-refractivity contribution is 5.89. The minimum atomic E-state index is -0.242. The SMILES string of the molecule is CNC(C)c1ccc(NC(=O)NCc2cnc[nH]2)cc1. The second kappa shape index (κ2) is 6.72. The Balaban J connectivity index is 1.84. The van der Waals surface area contributed by atoms with E-state index < -0.39 is 0 Å². The highest BCUT2D eigenvalue weighted by atomic mass is 16.2. The van der Waals surface area contributed by atoms with Gasteiger partial charge in [0.1, 0.15) is 0 Å². The number of hydrogen-bond acceptors (Lipinski definition) is 3. The molecular formula is C14H19N5O. The second-order valence-corrected chi connectivity index (χ2v) is 4.52. The van der Waals surface area contributed by atoms with Crippen LogP contribution in [0.5, 0.6) is 0 Å². The predicted molar refractivity (Wildman–Crippen MR) is 78.4 cm³/mol. The van der Waals surface area contributed by atoms with Crippen molar-refractivity contribution in [1.82, 2.24) is 20.6 Å². The van der Waals surface area contributed by atoms with Crippen molar-refractivity contribution in [1.29, 1.82) is 0 Å². The van der Waals surface area contributed by atoms with Crippen LogP contribution in [0.25, 0.3) is 0 Å². The van der Waals surface area contributed by atoms with Crippen LogP contribution >= 0.6 is 0 Å². The van der Waals surface area contributed by atoms with Crippen LogP contribution in [-0.4, -0.2) is 23.0 Å². The van der Waals surface area contributed by atoms with Gasteiger partial charge >= 0.3 is 6.03 Å². The molecule has 0 bridgehead atoms. The number of nitrogens with one attached hydrogen (secondary N) is 4. The molecule has 0 aliphatic heterocycles. The van der Waals surface area contributed by atoms with Gasteiger partial charge in [-0.2, -0.15) is 0 Å². The number of aromatic nitrogens is 2. The van der Waals surface area contributed by atoms with Crippen molar-refractivity contribution in [2.45, 2.75) is 19.5 Å². The molecule has 0 radical (unpaired) electrons. The Hall–Kier alpha value is -2.34. The van der Waals surface area contributed by atoms with Gasteiger partial charge in [-0.25, -0.2) is 9.78 Å². The summed E-state index contributed by atoms with van der Waals surface area (Å²) in [5.74, 6) is 0. The van der Waals surface area contributed by atoms with Gasteiger partial charge in [-0.05, 0) is 31.7 Å². The Labute approximate surface area is 118 Å². The molecule has 2 amide bonds. The molecule has 6 nitrogen and oxygen atoms in total. The lowest BCUT2D eigenvalue weighted by molar-refractivity contribution is 0.251. The number of hydrogen-bond donors (Lipinski definition) is 4. The molecule has 6 heteroatoms. The van der Waals surface area contributed by atoms with Gasteiger partial charge in [-0.15, -0.1) is 0 Å². The van der Waals surface area contributed by atoms with E-state index in [0.29, 0.717) is 12.6 Å². The summed E-state index contributed by atoms with van der Waals surface area (Å²) in [6, 6.07) is 7.81. The Morgan fingerprint density at radius 3 is 2.70 bits per heavy atom. The van der Waals surface area contributed by atoms with Crippen molar-refractivity contribution in [3.05, 3.63) is 48.0 Å². The number of amides is 2. The van der Waals surface area contributed by atoms with Crippen LogP contribution in [0, 0.1) is 0 Å². The van der Waals surface area contributed by atoms with Gasteiger partial charge < -0.3 is 20.9 Å². The monoisotopic (exact) mass is 273 g/mol. The molecule has 4 N–H and O–H groups in total. The third kappa shape index (κ3) is 3.83. The molecule has 1 unspecified atom stereocenters. The number of aromatic amines is 1. The molecule has 1 aromatic heterocycles. The van der Waals surface area contributed by atoms with Crippen molar-refractivity contribution in [3.8, 4) is 0 Å². The molecular weight excluding hydrogens is 254 g/mol. The third-order valence-electron chi connectivity index (χ3n) is 3.10. The predicted octanol–water partition coefficient (Wildman–Crippen LogP) is 2.01. The lowest BCUT2D eigenvalue weighted by Crippen LogP contribution is -2.28. The van der Waals surface area contributed by atoms with Crippen molar-refractivity contribution >= 4 is 11.7 Å². The van der Waals surface area contributed by atoms with Crippen LogP contribution in [0.1, 0.15) is 24.2 Å². The van der Waals surface area contributed by atoms with Gasteiger partial charge in [-0.3, -0.25) is 0 Å². The fourth-order valence-electron chi connectivity index (χ4n) is 1.75. The molecule has 0 saturated heterocycles. The summed E-state index contributed by atoms with van der Waals surface area (Å²) >= 11 is 0.